The minimum Gasteiger partial charge on any atom is -0.310 e. The monoisotopic (exact) mass is 979 g/mol. The fraction of sp³-hybridized carbons (Fsp3) is 0.260. The minimum atomic E-state index is -0.109. The van der Waals surface area contributed by atoms with Gasteiger partial charge in [-0.15, -0.1) is 0 Å². The summed E-state index contributed by atoms with van der Waals surface area (Å²) in [6.07, 6.45) is 17.7. The molecule has 1 aliphatic carbocycles. The summed E-state index contributed by atoms with van der Waals surface area (Å²) in [4.78, 5) is 2.43. The molecule has 0 saturated heterocycles. The van der Waals surface area contributed by atoms with E-state index in [0.29, 0.717) is 0 Å². The van der Waals surface area contributed by atoms with Gasteiger partial charge in [-0.05, 0) is 154 Å². The zero-order chi connectivity index (χ0) is 51.3. The van der Waals surface area contributed by atoms with Crippen LogP contribution in [-0.4, -0.2) is 4.57 Å². The van der Waals surface area contributed by atoms with E-state index in [9.17, 15) is 0 Å². The summed E-state index contributed by atoms with van der Waals surface area (Å²) < 4.78 is 2.50. The smallest absolute Gasteiger partial charge is 0.0547 e. The lowest BCUT2D eigenvalue weighted by Crippen LogP contribution is -2.16. The fourth-order valence-electron chi connectivity index (χ4n) is 12.4. The predicted octanol–water partition coefficient (Wildman–Crippen LogP) is 21.4. The van der Waals surface area contributed by atoms with Gasteiger partial charge >= 0.3 is 0 Å². The quantitative estimate of drug-likeness (QED) is 0.0691. The Bertz CT molecular complexity index is 3570. The number of hydrogen-bond donors (Lipinski definition) is 0. The number of unbranched alkanes of at least 4 members (excludes halogenated alkanes) is 11. The van der Waals surface area contributed by atoms with Gasteiger partial charge in [0.1, 0.15) is 0 Å². The summed E-state index contributed by atoms with van der Waals surface area (Å²) in [7, 11) is 0. The lowest BCUT2D eigenvalue weighted by Gasteiger charge is -2.28. The lowest BCUT2D eigenvalue weighted by atomic mass is 9.82. The van der Waals surface area contributed by atoms with E-state index in [1.54, 1.807) is 0 Å². The Hall–Kier alpha value is -7.42. The fourth-order valence-corrected chi connectivity index (χ4v) is 12.4. The van der Waals surface area contributed by atoms with Crippen LogP contribution < -0.4 is 4.90 Å². The summed E-state index contributed by atoms with van der Waals surface area (Å²) in [6, 6.07) is 75.2. The second-order valence-electron chi connectivity index (χ2n) is 22.2. The van der Waals surface area contributed by atoms with E-state index in [2.05, 4.69) is 244 Å². The van der Waals surface area contributed by atoms with Crippen molar-refractivity contribution >= 4 is 38.9 Å². The summed E-state index contributed by atoms with van der Waals surface area (Å²) in [5.74, 6) is 0. The highest BCUT2D eigenvalue weighted by Gasteiger charge is 2.35. The molecule has 0 bridgehead atoms. The molecule has 0 amide bonds. The summed E-state index contributed by atoms with van der Waals surface area (Å²) in [5.41, 5.74) is 23.8. The van der Waals surface area contributed by atoms with Gasteiger partial charge in [-0.1, -0.05) is 236 Å². The van der Waals surface area contributed by atoms with Crippen LogP contribution in [0.1, 0.15) is 126 Å². The summed E-state index contributed by atoms with van der Waals surface area (Å²) >= 11 is 0. The molecular weight excluding hydrogens is 905 g/mol. The Labute approximate surface area is 447 Å². The molecule has 376 valence electrons. The van der Waals surface area contributed by atoms with Crippen LogP contribution in [0.3, 0.4) is 0 Å². The number of benzene rings is 9. The first-order valence-corrected chi connectivity index (χ1v) is 28.3. The minimum absolute atomic E-state index is 0.109. The average Bonchev–Trinajstić information content (AvgIpc) is 3.90. The molecule has 1 aliphatic rings. The third-order valence-corrected chi connectivity index (χ3v) is 16.3. The molecule has 1 heterocycles. The van der Waals surface area contributed by atoms with E-state index in [1.807, 2.05) is 0 Å². The highest BCUT2D eigenvalue weighted by Crippen LogP contribution is 2.51. The first-order valence-electron chi connectivity index (χ1n) is 28.3. The Morgan fingerprint density at radius 2 is 0.933 bits per heavy atom. The normalized spacial score (nSPS) is 12.6. The molecule has 0 radical (unpaired) electrons. The maximum Gasteiger partial charge on any atom is 0.0547 e. The molecule has 2 nitrogen and oxygen atoms in total. The lowest BCUT2D eigenvalue weighted by molar-refractivity contribution is 0.544. The van der Waals surface area contributed by atoms with Crippen molar-refractivity contribution in [3.05, 3.63) is 228 Å². The molecule has 11 rings (SSSR count). The maximum absolute atomic E-state index is 2.50. The number of nitrogens with zero attached hydrogens (tertiary/aromatic N) is 2. The Kier molecular flexibility index (Phi) is 14.7. The third kappa shape index (κ3) is 10.4. The molecule has 1 aromatic heterocycles. The van der Waals surface area contributed by atoms with E-state index in [4.69, 9.17) is 0 Å². The molecular formula is C73H74N2. The highest BCUT2D eigenvalue weighted by atomic mass is 15.1. The molecule has 10 aromatic rings. The van der Waals surface area contributed by atoms with Gasteiger partial charge in [0.15, 0.2) is 0 Å². The average molecular weight is 979 g/mol. The predicted molar refractivity (Wildman–Crippen MR) is 324 cm³/mol. The SMILES string of the molecule is CCCCCCCCCCCCCCc1cc(C)cc(-c2cc(C)cc(-n3c4ccccc4c4c(-c5ccc(N(c6ccc(-c7ccccc7)cc6)c6ccc7c(c6)C(C)(C)c6ccccc6-7)cc5)cccc43)c2)c1. The third-order valence-electron chi connectivity index (χ3n) is 16.3. The van der Waals surface area contributed by atoms with Crippen LogP contribution in [0.4, 0.5) is 17.1 Å². The van der Waals surface area contributed by atoms with E-state index in [0.717, 1.165) is 23.5 Å². The van der Waals surface area contributed by atoms with Crippen LogP contribution in [0.25, 0.3) is 72.0 Å². The molecule has 0 unspecified atom stereocenters. The van der Waals surface area contributed by atoms with Gasteiger partial charge in [-0.2, -0.15) is 0 Å². The second-order valence-corrected chi connectivity index (χ2v) is 22.2. The largest absolute Gasteiger partial charge is 0.310 e. The molecule has 9 aromatic carbocycles. The van der Waals surface area contributed by atoms with E-state index < -0.39 is 0 Å². The van der Waals surface area contributed by atoms with Crippen molar-refractivity contribution in [2.45, 2.75) is 124 Å². The van der Waals surface area contributed by atoms with Crippen molar-refractivity contribution in [3.8, 4) is 50.2 Å². The van der Waals surface area contributed by atoms with Gasteiger partial charge in [0.25, 0.3) is 0 Å². The number of anilines is 3. The van der Waals surface area contributed by atoms with Crippen LogP contribution in [-0.2, 0) is 11.8 Å². The molecule has 2 heteroatoms. The number of aromatic nitrogens is 1. The topological polar surface area (TPSA) is 8.17 Å². The first-order chi connectivity index (χ1) is 36.7. The van der Waals surface area contributed by atoms with Crippen LogP contribution in [0, 0.1) is 13.8 Å². The number of aryl methyl sites for hydroxylation is 3. The first kappa shape index (κ1) is 49.8. The summed E-state index contributed by atoms with van der Waals surface area (Å²) in [6.45, 7) is 11.5. The van der Waals surface area contributed by atoms with Crippen LogP contribution in [0.15, 0.2) is 200 Å². The van der Waals surface area contributed by atoms with Crippen molar-refractivity contribution in [3.63, 3.8) is 0 Å². The maximum atomic E-state index is 2.50. The van der Waals surface area contributed by atoms with Crippen molar-refractivity contribution in [2.24, 2.45) is 0 Å². The Morgan fingerprint density at radius 1 is 0.387 bits per heavy atom. The van der Waals surface area contributed by atoms with Crippen molar-refractivity contribution in [1.82, 2.24) is 4.57 Å². The molecule has 75 heavy (non-hydrogen) atoms. The van der Waals surface area contributed by atoms with E-state index in [1.165, 1.54) is 177 Å². The number of rotatable bonds is 20. The standard InChI is InChI=1S/C73H74N2/c1-6-7-8-9-10-11-12-13-14-15-16-18-26-54-45-52(2)46-58(49-54)59-47-53(3)48-63(50-59)75-70-33-24-22-30-67(70)72-64(31-25-34-71(72)75)57-37-41-61(42-38-57)74(60-39-35-56(36-40-60)55-27-19-17-20-28-55)62-43-44-66-65-29-21-23-32-68(65)73(4,5)69(66)51-62/h17,19-25,27-51H,6-16,18,26H2,1-5H3. The highest BCUT2D eigenvalue weighted by molar-refractivity contribution is 6.16. The summed E-state index contributed by atoms with van der Waals surface area (Å²) in [5, 5.41) is 2.54. The molecule has 0 atom stereocenters. The van der Waals surface area contributed by atoms with Gasteiger partial charge in [-0.3, -0.25) is 0 Å². The van der Waals surface area contributed by atoms with Crippen molar-refractivity contribution in [2.75, 3.05) is 4.90 Å². The van der Waals surface area contributed by atoms with Gasteiger partial charge in [0.05, 0.1) is 11.0 Å². The molecule has 0 aliphatic heterocycles. The molecule has 0 saturated carbocycles. The van der Waals surface area contributed by atoms with E-state index >= 15 is 0 Å². The zero-order valence-corrected chi connectivity index (χ0v) is 45.1. The van der Waals surface area contributed by atoms with Crippen LogP contribution >= 0.6 is 0 Å². The second kappa shape index (κ2) is 22.2. The van der Waals surface area contributed by atoms with Crippen LogP contribution in [0.5, 0.6) is 0 Å². The van der Waals surface area contributed by atoms with Gasteiger partial charge in [0.2, 0.25) is 0 Å². The number of hydrogen-bond acceptors (Lipinski definition) is 1. The Balaban J connectivity index is 0.889. The van der Waals surface area contributed by atoms with E-state index in [-0.39, 0.29) is 5.41 Å². The molecule has 0 spiro atoms. The number of fused-ring (bicyclic) bond motifs is 6. The molecule has 0 fully saturated rings. The van der Waals surface area contributed by atoms with Crippen LogP contribution in [0.2, 0.25) is 0 Å². The van der Waals surface area contributed by atoms with Gasteiger partial charge < -0.3 is 9.47 Å². The van der Waals surface area contributed by atoms with Gasteiger partial charge in [-0.25, -0.2) is 0 Å². The van der Waals surface area contributed by atoms with Crippen molar-refractivity contribution in [1.29, 1.82) is 0 Å². The Morgan fingerprint density at radius 3 is 1.65 bits per heavy atom. The zero-order valence-electron chi connectivity index (χ0n) is 45.1. The number of para-hydroxylation sites is 1. The van der Waals surface area contributed by atoms with Crippen molar-refractivity contribution < 1.29 is 0 Å². The van der Waals surface area contributed by atoms with Gasteiger partial charge in [0, 0.05) is 38.9 Å². The molecule has 0 N–H and O–H groups in total.